The smallest absolute Gasteiger partial charge is 0.310 e. The van der Waals surface area contributed by atoms with E-state index >= 15 is 0 Å². The molecule has 6 heteroatoms. The highest BCUT2D eigenvalue weighted by molar-refractivity contribution is 5.73. The maximum absolute atomic E-state index is 13.8. The number of hydrogen-bond acceptors (Lipinski definition) is 4. The van der Waals surface area contributed by atoms with Crippen molar-refractivity contribution in [1.82, 2.24) is 14.3 Å². The maximum atomic E-state index is 13.8. The van der Waals surface area contributed by atoms with Gasteiger partial charge in [-0.25, -0.2) is 9.37 Å². The van der Waals surface area contributed by atoms with Crippen LogP contribution in [0.5, 0.6) is 0 Å². The van der Waals surface area contributed by atoms with Gasteiger partial charge in [-0.2, -0.15) is 0 Å². The number of hydrogen-bond donors (Lipinski definition) is 0. The molecular formula is C22H24FN3O2. The topological polar surface area (TPSA) is 46.8 Å². The van der Waals surface area contributed by atoms with Crippen molar-refractivity contribution in [2.24, 2.45) is 5.92 Å². The van der Waals surface area contributed by atoms with E-state index in [1.165, 1.54) is 11.6 Å². The molecule has 1 atom stereocenters. The first-order valence-electron chi connectivity index (χ1n) is 9.50. The number of aromatic nitrogens is 2. The lowest BCUT2D eigenvalue weighted by atomic mass is 9.96. The number of carbonyl (C=O) groups is 1. The summed E-state index contributed by atoms with van der Waals surface area (Å²) in [5.41, 5.74) is 1.93. The van der Waals surface area contributed by atoms with Gasteiger partial charge in [0.15, 0.2) is 11.5 Å². The highest BCUT2D eigenvalue weighted by atomic mass is 19.1. The van der Waals surface area contributed by atoms with E-state index in [1.54, 1.807) is 22.9 Å². The molecular weight excluding hydrogens is 357 g/mol. The molecule has 0 amide bonds. The molecule has 1 aromatic carbocycles. The van der Waals surface area contributed by atoms with Gasteiger partial charge < -0.3 is 9.14 Å². The van der Waals surface area contributed by atoms with E-state index in [2.05, 4.69) is 35.9 Å². The molecule has 4 rings (SSSR count). The van der Waals surface area contributed by atoms with Gasteiger partial charge in [-0.15, -0.1) is 0 Å². The van der Waals surface area contributed by atoms with E-state index in [-0.39, 0.29) is 29.7 Å². The van der Waals surface area contributed by atoms with Gasteiger partial charge in [0.25, 0.3) is 0 Å². The number of benzene rings is 1. The number of carbonyl (C=O) groups excluding carboxylic acids is 1. The summed E-state index contributed by atoms with van der Waals surface area (Å²) in [6.07, 6.45) is 4.15. The Labute approximate surface area is 163 Å². The minimum atomic E-state index is -0.394. The summed E-state index contributed by atoms with van der Waals surface area (Å²) in [5.74, 6) is -0.789. The zero-order valence-corrected chi connectivity index (χ0v) is 16.1. The average molecular weight is 381 g/mol. The normalized spacial score (nSPS) is 19.2. The van der Waals surface area contributed by atoms with Crippen LogP contribution >= 0.6 is 0 Å². The van der Waals surface area contributed by atoms with Crippen LogP contribution in [0, 0.1) is 11.7 Å². The van der Waals surface area contributed by atoms with Gasteiger partial charge >= 0.3 is 5.97 Å². The van der Waals surface area contributed by atoms with Crippen LogP contribution in [0.3, 0.4) is 0 Å². The van der Waals surface area contributed by atoms with Crippen LogP contribution in [0.2, 0.25) is 0 Å². The second kappa shape index (κ2) is 7.36. The van der Waals surface area contributed by atoms with Crippen molar-refractivity contribution in [3.8, 4) is 0 Å². The van der Waals surface area contributed by atoms with Crippen molar-refractivity contribution >= 4 is 11.6 Å². The molecule has 2 aromatic heterocycles. The summed E-state index contributed by atoms with van der Waals surface area (Å²) in [6.45, 7) is 5.85. The zero-order chi connectivity index (χ0) is 19.7. The van der Waals surface area contributed by atoms with Crippen molar-refractivity contribution in [3.63, 3.8) is 0 Å². The summed E-state index contributed by atoms with van der Waals surface area (Å²) in [7, 11) is 0. The molecule has 0 aliphatic carbocycles. The van der Waals surface area contributed by atoms with E-state index < -0.39 is 5.82 Å². The minimum absolute atomic E-state index is 0.0512. The molecule has 28 heavy (non-hydrogen) atoms. The Kier molecular flexibility index (Phi) is 4.89. The lowest BCUT2D eigenvalue weighted by Gasteiger charge is -2.31. The third-order valence-electron chi connectivity index (χ3n) is 5.44. The number of nitrogens with zero attached hydrogens (tertiary/aromatic N) is 3. The number of rotatable bonds is 5. The molecule has 3 heterocycles. The summed E-state index contributed by atoms with van der Waals surface area (Å²) >= 11 is 0. The fourth-order valence-corrected chi connectivity index (χ4v) is 3.91. The average Bonchev–Trinajstić information content (AvgIpc) is 3.22. The molecule has 3 aromatic rings. The number of imidazole rings is 1. The molecule has 1 fully saturated rings. The fourth-order valence-electron chi connectivity index (χ4n) is 3.91. The van der Waals surface area contributed by atoms with Gasteiger partial charge in [0.05, 0.1) is 11.6 Å². The van der Waals surface area contributed by atoms with Crippen LogP contribution in [-0.2, 0) is 22.7 Å². The number of halogens is 1. The Bertz CT molecular complexity index is 984. The molecule has 1 aliphatic heterocycles. The summed E-state index contributed by atoms with van der Waals surface area (Å²) in [5, 5.41) is 0. The third kappa shape index (κ3) is 3.78. The molecule has 0 N–H and O–H groups in total. The van der Waals surface area contributed by atoms with E-state index in [1.807, 2.05) is 18.2 Å². The van der Waals surface area contributed by atoms with Gasteiger partial charge in [0.2, 0.25) is 0 Å². The van der Waals surface area contributed by atoms with Crippen LogP contribution < -0.4 is 0 Å². The Morgan fingerprint density at radius 3 is 2.79 bits per heavy atom. The minimum Gasteiger partial charge on any atom is -0.459 e. The Morgan fingerprint density at radius 2 is 2.04 bits per heavy atom. The fraction of sp³-hybridized carbons (Fsp3) is 0.364. The van der Waals surface area contributed by atoms with E-state index in [0.29, 0.717) is 12.2 Å². The summed E-state index contributed by atoms with van der Waals surface area (Å²) in [4.78, 5) is 19.2. The number of likely N-dealkylation sites (tertiary alicyclic amines) is 1. The van der Waals surface area contributed by atoms with E-state index in [4.69, 9.17) is 4.74 Å². The van der Waals surface area contributed by atoms with Gasteiger partial charge in [-0.05, 0) is 38.0 Å². The number of esters is 1. The van der Waals surface area contributed by atoms with E-state index in [9.17, 15) is 9.18 Å². The number of fused-ring (bicyclic) bond motifs is 1. The molecule has 0 spiro atoms. The van der Waals surface area contributed by atoms with Crippen molar-refractivity contribution in [3.05, 3.63) is 71.9 Å². The van der Waals surface area contributed by atoms with Gasteiger partial charge in [-0.1, -0.05) is 30.3 Å². The van der Waals surface area contributed by atoms with Gasteiger partial charge in [0.1, 0.15) is 6.61 Å². The largest absolute Gasteiger partial charge is 0.459 e. The first-order valence-corrected chi connectivity index (χ1v) is 9.50. The Hall–Kier alpha value is -2.73. The Morgan fingerprint density at radius 1 is 1.25 bits per heavy atom. The third-order valence-corrected chi connectivity index (χ3v) is 5.44. The molecule has 1 aliphatic rings. The van der Waals surface area contributed by atoms with Crippen LogP contribution in [-0.4, -0.2) is 32.3 Å². The van der Waals surface area contributed by atoms with Crippen molar-refractivity contribution in [1.29, 1.82) is 0 Å². The van der Waals surface area contributed by atoms with Crippen LogP contribution in [0.4, 0.5) is 4.39 Å². The zero-order valence-electron chi connectivity index (χ0n) is 16.1. The quantitative estimate of drug-likeness (QED) is 0.631. The molecule has 146 valence electrons. The maximum Gasteiger partial charge on any atom is 0.310 e. The van der Waals surface area contributed by atoms with E-state index in [0.717, 1.165) is 13.0 Å². The standard InChI is InChI=1S/C22H24FN3O2/c1-22(2)11-17(13-26(22)12-16-7-4-3-5-8-16)21(27)28-15-18-14-25-10-6-9-19(23)20(25)24-18/h3-10,14,17H,11-13,15H2,1-2H3. The molecule has 5 nitrogen and oxygen atoms in total. The van der Waals surface area contributed by atoms with Crippen LogP contribution in [0.25, 0.3) is 5.65 Å². The second-order valence-corrected chi connectivity index (χ2v) is 8.01. The van der Waals surface area contributed by atoms with Gasteiger partial charge in [0, 0.05) is 31.0 Å². The van der Waals surface area contributed by atoms with Crippen molar-refractivity contribution in [2.75, 3.05) is 6.54 Å². The molecule has 0 saturated carbocycles. The summed E-state index contributed by atoms with van der Waals surface area (Å²) in [6, 6.07) is 13.2. The molecule has 1 saturated heterocycles. The van der Waals surface area contributed by atoms with Crippen LogP contribution in [0.1, 0.15) is 31.5 Å². The first-order chi connectivity index (χ1) is 13.4. The molecule has 0 bridgehead atoms. The van der Waals surface area contributed by atoms with Gasteiger partial charge in [-0.3, -0.25) is 9.69 Å². The lowest BCUT2D eigenvalue weighted by molar-refractivity contribution is -0.149. The predicted octanol–water partition coefficient (Wildman–Crippen LogP) is 3.82. The number of ether oxygens (including phenoxy) is 1. The highest BCUT2D eigenvalue weighted by Gasteiger charge is 2.42. The first kappa shape index (κ1) is 18.6. The SMILES string of the molecule is CC1(C)CC(C(=O)OCc2cn3cccc(F)c3n2)CN1Cc1ccccc1. The second-order valence-electron chi connectivity index (χ2n) is 8.01. The van der Waals surface area contributed by atoms with Crippen LogP contribution in [0.15, 0.2) is 54.9 Å². The Balaban J connectivity index is 1.38. The molecule has 1 unspecified atom stereocenters. The number of pyridine rings is 1. The molecule has 0 radical (unpaired) electrons. The van der Waals surface area contributed by atoms with Crippen molar-refractivity contribution < 1.29 is 13.9 Å². The predicted molar refractivity (Wildman–Crippen MR) is 104 cm³/mol. The van der Waals surface area contributed by atoms with Crippen molar-refractivity contribution in [2.45, 2.75) is 39.0 Å². The lowest BCUT2D eigenvalue weighted by Crippen LogP contribution is -2.37. The highest BCUT2D eigenvalue weighted by Crippen LogP contribution is 2.34. The monoisotopic (exact) mass is 381 g/mol. The summed E-state index contributed by atoms with van der Waals surface area (Å²) < 4.78 is 20.9.